The smallest absolute Gasteiger partial charge is 0.234 e. The molecule has 3 N–H and O–H groups in total. The summed E-state index contributed by atoms with van der Waals surface area (Å²) in [6.45, 7) is 0.985. The van der Waals surface area contributed by atoms with E-state index in [1.165, 1.54) is 10.6 Å². The lowest BCUT2D eigenvalue weighted by molar-refractivity contribution is 0.254. The number of aromatic nitrogens is 4. The third-order valence-corrected chi connectivity index (χ3v) is 6.32. The van der Waals surface area contributed by atoms with Crippen molar-refractivity contribution in [2.75, 3.05) is 18.8 Å². The molecular formula is C22H22N6O3S. The Bertz CT molecular complexity index is 1260. The number of piperidine rings is 1. The zero-order chi connectivity index (χ0) is 22.1. The van der Waals surface area contributed by atoms with Crippen LogP contribution in [0.5, 0.6) is 11.5 Å². The van der Waals surface area contributed by atoms with Gasteiger partial charge in [-0.05, 0) is 49.2 Å². The van der Waals surface area contributed by atoms with Crippen LogP contribution in [0.25, 0.3) is 22.3 Å². The maximum absolute atomic E-state index is 11.6. The molecule has 10 heteroatoms. The Balaban J connectivity index is 1.51. The summed E-state index contributed by atoms with van der Waals surface area (Å²) in [4.78, 5) is 8.59. The van der Waals surface area contributed by atoms with Crippen molar-refractivity contribution < 1.29 is 13.5 Å². The van der Waals surface area contributed by atoms with E-state index in [-0.39, 0.29) is 6.04 Å². The van der Waals surface area contributed by atoms with Crippen molar-refractivity contribution >= 4 is 28.1 Å². The number of rotatable bonds is 5. The average Bonchev–Trinajstić information content (AvgIpc) is 3.21. The van der Waals surface area contributed by atoms with Crippen LogP contribution in [-0.2, 0) is 11.3 Å². The van der Waals surface area contributed by atoms with E-state index in [1.54, 1.807) is 0 Å². The third kappa shape index (κ3) is 3.95. The number of benzene rings is 2. The Morgan fingerprint density at radius 3 is 2.56 bits per heavy atom. The lowest BCUT2D eigenvalue weighted by Crippen LogP contribution is -2.37. The molecule has 0 radical (unpaired) electrons. The first-order valence-electron chi connectivity index (χ1n) is 10.3. The Labute approximate surface area is 187 Å². The van der Waals surface area contributed by atoms with Crippen molar-refractivity contribution in [1.82, 2.24) is 24.1 Å². The summed E-state index contributed by atoms with van der Waals surface area (Å²) < 4.78 is 30.3. The van der Waals surface area contributed by atoms with Crippen LogP contribution in [0.15, 0.2) is 60.9 Å². The van der Waals surface area contributed by atoms with E-state index >= 15 is 0 Å². The highest BCUT2D eigenvalue weighted by Gasteiger charge is 2.28. The fraction of sp³-hybridized carbons (Fsp3) is 0.227. The number of nitrogens with two attached hydrogens (primary N) is 1. The largest absolute Gasteiger partial charge is 0.457 e. The molecule has 2 aromatic carbocycles. The van der Waals surface area contributed by atoms with Crippen molar-refractivity contribution in [2.24, 2.45) is 0 Å². The van der Waals surface area contributed by atoms with Gasteiger partial charge < -0.3 is 10.5 Å². The van der Waals surface area contributed by atoms with Gasteiger partial charge in [-0.25, -0.2) is 18.9 Å². The molecule has 9 nitrogen and oxygen atoms in total. The summed E-state index contributed by atoms with van der Waals surface area (Å²) >= 11 is -2.01. The molecule has 2 atom stereocenters. The number of fused-ring (bicyclic) bond motifs is 1. The standard InChI is InChI=1S/C22H22N6O3S/c23-21-19-20(15-8-10-18(11-9-15)31-17-6-2-1-3-7-17)26-28(22(19)25-14-24-21)16-5-4-12-27(13-16)32(29)30/h1-3,6-11,14,16H,4-5,12-13H2,(H,29,30)(H2,23,24,25). The van der Waals surface area contributed by atoms with Gasteiger partial charge in [-0.15, -0.1) is 0 Å². The SMILES string of the molecule is Nc1ncnc2c1c(-c1ccc(Oc3ccccc3)cc1)nn2C1CCCN(S(=O)O)C1. The summed E-state index contributed by atoms with van der Waals surface area (Å²) in [5, 5.41) is 5.51. The Morgan fingerprint density at radius 1 is 1.06 bits per heavy atom. The Morgan fingerprint density at radius 2 is 1.81 bits per heavy atom. The molecule has 32 heavy (non-hydrogen) atoms. The number of nitrogen functional groups attached to an aromatic ring is 1. The van der Waals surface area contributed by atoms with Crippen LogP contribution in [0.4, 0.5) is 5.82 Å². The van der Waals surface area contributed by atoms with E-state index in [0.717, 1.165) is 24.2 Å². The first-order chi connectivity index (χ1) is 15.6. The fourth-order valence-corrected chi connectivity index (χ4v) is 4.60. The minimum Gasteiger partial charge on any atom is -0.457 e. The van der Waals surface area contributed by atoms with Gasteiger partial charge in [0.1, 0.15) is 29.3 Å². The number of para-hydroxylation sites is 1. The lowest BCUT2D eigenvalue weighted by atomic mass is 10.1. The van der Waals surface area contributed by atoms with Crippen molar-refractivity contribution in [3.63, 3.8) is 0 Å². The van der Waals surface area contributed by atoms with Crippen LogP contribution in [0.1, 0.15) is 18.9 Å². The highest BCUT2D eigenvalue weighted by Crippen LogP contribution is 2.34. The van der Waals surface area contributed by atoms with Crippen molar-refractivity contribution in [3.05, 3.63) is 60.9 Å². The van der Waals surface area contributed by atoms with E-state index in [4.69, 9.17) is 15.6 Å². The van der Waals surface area contributed by atoms with Gasteiger partial charge >= 0.3 is 0 Å². The molecule has 0 spiro atoms. The summed E-state index contributed by atoms with van der Waals surface area (Å²) in [5.41, 5.74) is 8.36. The van der Waals surface area contributed by atoms with Gasteiger partial charge in [0.2, 0.25) is 11.3 Å². The van der Waals surface area contributed by atoms with Crippen LogP contribution in [-0.4, -0.2) is 45.9 Å². The van der Waals surface area contributed by atoms with Gasteiger partial charge in [0, 0.05) is 18.7 Å². The molecule has 1 fully saturated rings. The van der Waals surface area contributed by atoms with E-state index in [1.807, 2.05) is 59.3 Å². The maximum Gasteiger partial charge on any atom is 0.234 e. The first kappa shape index (κ1) is 20.6. The lowest BCUT2D eigenvalue weighted by Gasteiger charge is -2.29. The number of hydrogen-bond acceptors (Lipinski definition) is 6. The minimum atomic E-state index is -2.01. The highest BCUT2D eigenvalue weighted by molar-refractivity contribution is 7.76. The highest BCUT2D eigenvalue weighted by atomic mass is 32.2. The molecule has 5 rings (SSSR count). The molecule has 2 aromatic heterocycles. The predicted molar refractivity (Wildman–Crippen MR) is 122 cm³/mol. The third-order valence-electron chi connectivity index (χ3n) is 5.55. The van der Waals surface area contributed by atoms with Gasteiger partial charge in [0.15, 0.2) is 5.65 Å². The topological polar surface area (TPSA) is 119 Å². The van der Waals surface area contributed by atoms with Crippen molar-refractivity contribution in [3.8, 4) is 22.8 Å². The molecule has 1 aliphatic rings. The number of ether oxygens (including phenoxy) is 1. The molecule has 3 heterocycles. The zero-order valence-corrected chi connectivity index (χ0v) is 18.0. The van der Waals surface area contributed by atoms with Crippen LogP contribution < -0.4 is 10.5 Å². The second-order valence-electron chi connectivity index (χ2n) is 7.60. The molecule has 0 bridgehead atoms. The number of hydrogen-bond donors (Lipinski definition) is 2. The van der Waals surface area contributed by atoms with Crippen LogP contribution in [0, 0.1) is 0 Å². The summed E-state index contributed by atoms with van der Waals surface area (Å²) in [6.07, 6.45) is 3.04. The average molecular weight is 451 g/mol. The Kier molecular flexibility index (Phi) is 5.56. The van der Waals surface area contributed by atoms with Gasteiger partial charge in [-0.1, -0.05) is 18.2 Å². The monoisotopic (exact) mass is 450 g/mol. The molecule has 1 saturated heterocycles. The van der Waals surface area contributed by atoms with Crippen LogP contribution in [0.2, 0.25) is 0 Å². The van der Waals surface area contributed by atoms with E-state index < -0.39 is 11.3 Å². The molecule has 2 unspecified atom stereocenters. The van der Waals surface area contributed by atoms with E-state index in [0.29, 0.717) is 41.4 Å². The Hall–Kier alpha value is -3.34. The molecule has 0 saturated carbocycles. The second-order valence-corrected chi connectivity index (χ2v) is 8.58. The van der Waals surface area contributed by atoms with Gasteiger partial charge in [-0.3, -0.25) is 4.55 Å². The fourth-order valence-electron chi connectivity index (χ4n) is 4.02. The van der Waals surface area contributed by atoms with Crippen LogP contribution in [0.3, 0.4) is 0 Å². The summed E-state index contributed by atoms with van der Waals surface area (Å²) in [7, 11) is 0. The second kappa shape index (κ2) is 8.65. The van der Waals surface area contributed by atoms with Gasteiger partial charge in [0.05, 0.1) is 11.4 Å². The number of nitrogens with zero attached hydrogens (tertiary/aromatic N) is 5. The zero-order valence-electron chi connectivity index (χ0n) is 17.2. The molecule has 0 amide bonds. The van der Waals surface area contributed by atoms with Crippen molar-refractivity contribution in [1.29, 1.82) is 0 Å². The summed E-state index contributed by atoms with van der Waals surface area (Å²) in [5.74, 6) is 1.82. The van der Waals surface area contributed by atoms with E-state index in [2.05, 4.69) is 9.97 Å². The molecule has 4 aromatic rings. The van der Waals surface area contributed by atoms with Crippen molar-refractivity contribution in [2.45, 2.75) is 18.9 Å². The van der Waals surface area contributed by atoms with Crippen LogP contribution >= 0.6 is 0 Å². The molecule has 0 aliphatic carbocycles. The quantitative estimate of drug-likeness (QED) is 0.446. The van der Waals surface area contributed by atoms with Gasteiger partial charge in [-0.2, -0.15) is 9.40 Å². The van der Waals surface area contributed by atoms with Gasteiger partial charge in [0.25, 0.3) is 0 Å². The molecular weight excluding hydrogens is 428 g/mol. The van der Waals surface area contributed by atoms with E-state index in [9.17, 15) is 8.76 Å². The maximum atomic E-state index is 11.6. The molecule has 1 aliphatic heterocycles. The minimum absolute atomic E-state index is 0.0916. The number of anilines is 1. The molecule has 164 valence electrons. The predicted octanol–water partition coefficient (Wildman–Crippen LogP) is 3.64. The first-order valence-corrected chi connectivity index (χ1v) is 11.3. The summed E-state index contributed by atoms with van der Waals surface area (Å²) in [6, 6.07) is 17.1. The normalized spacial score (nSPS) is 18.0.